The highest BCUT2D eigenvalue weighted by molar-refractivity contribution is 9.10. The van der Waals surface area contributed by atoms with Crippen LogP contribution in [-0.2, 0) is 0 Å². The molecule has 0 aliphatic rings. The summed E-state index contributed by atoms with van der Waals surface area (Å²) in [4.78, 5) is 23.2. The molecule has 1 heterocycles. The van der Waals surface area contributed by atoms with Gasteiger partial charge in [0, 0.05) is 27.7 Å². The van der Waals surface area contributed by atoms with Crippen LogP contribution in [0.5, 0.6) is 0 Å². The van der Waals surface area contributed by atoms with Crippen LogP contribution in [0.4, 0.5) is 5.69 Å². The van der Waals surface area contributed by atoms with Crippen molar-refractivity contribution in [3.8, 4) is 0 Å². The van der Waals surface area contributed by atoms with Crippen LogP contribution in [0.25, 0.3) is 10.9 Å². The van der Waals surface area contributed by atoms with Gasteiger partial charge in [-0.3, -0.25) is 19.5 Å². The Bertz CT molecular complexity index is 915. The van der Waals surface area contributed by atoms with Gasteiger partial charge in [0.2, 0.25) is 0 Å². The molecule has 0 spiro atoms. The number of halogens is 1. The molecule has 6 heteroatoms. The standard InChI is InChI=1S/C16H11BrN2O3/c1-10-8-11-9-12(19(21)22)6-7-15(11)18(10)16(20)13-4-2-3-5-14(13)17/h2-9H,1H3. The van der Waals surface area contributed by atoms with Crippen molar-refractivity contribution in [2.45, 2.75) is 6.92 Å². The number of benzene rings is 2. The molecule has 22 heavy (non-hydrogen) atoms. The summed E-state index contributed by atoms with van der Waals surface area (Å²) >= 11 is 3.38. The molecular formula is C16H11BrN2O3. The van der Waals surface area contributed by atoms with Crippen molar-refractivity contribution >= 4 is 38.4 Å². The van der Waals surface area contributed by atoms with Gasteiger partial charge in [-0.25, -0.2) is 0 Å². The molecule has 0 bridgehead atoms. The average molecular weight is 359 g/mol. The summed E-state index contributed by atoms with van der Waals surface area (Å²) in [6, 6.07) is 13.4. The SMILES string of the molecule is Cc1cc2cc([N+](=O)[O-])ccc2n1C(=O)c1ccccc1Br. The zero-order valence-corrected chi connectivity index (χ0v) is 13.2. The fraction of sp³-hybridized carbons (Fsp3) is 0.0625. The van der Waals surface area contributed by atoms with E-state index in [1.165, 1.54) is 12.1 Å². The molecule has 0 saturated carbocycles. The molecule has 3 aromatic rings. The molecule has 2 aromatic carbocycles. The first-order valence-corrected chi connectivity index (χ1v) is 7.34. The molecule has 0 fully saturated rings. The third-order valence-corrected chi connectivity index (χ3v) is 4.18. The lowest BCUT2D eigenvalue weighted by Gasteiger charge is -2.08. The molecule has 0 N–H and O–H groups in total. The van der Waals surface area contributed by atoms with Crippen molar-refractivity contribution in [3.63, 3.8) is 0 Å². The van der Waals surface area contributed by atoms with E-state index < -0.39 is 4.92 Å². The second-order valence-electron chi connectivity index (χ2n) is 4.91. The van der Waals surface area contributed by atoms with Gasteiger partial charge in [0.15, 0.2) is 0 Å². The van der Waals surface area contributed by atoms with E-state index in [1.807, 2.05) is 6.07 Å². The maximum absolute atomic E-state index is 12.8. The number of fused-ring (bicyclic) bond motifs is 1. The number of nitro benzene ring substituents is 1. The molecule has 0 saturated heterocycles. The molecule has 110 valence electrons. The second-order valence-corrected chi connectivity index (χ2v) is 5.76. The van der Waals surface area contributed by atoms with E-state index in [2.05, 4.69) is 15.9 Å². The molecule has 0 aliphatic carbocycles. The van der Waals surface area contributed by atoms with Gasteiger partial charge in [-0.1, -0.05) is 12.1 Å². The summed E-state index contributed by atoms with van der Waals surface area (Å²) in [6.45, 7) is 1.81. The Morgan fingerprint density at radius 1 is 1.18 bits per heavy atom. The van der Waals surface area contributed by atoms with E-state index in [-0.39, 0.29) is 11.6 Å². The zero-order valence-electron chi connectivity index (χ0n) is 11.6. The Morgan fingerprint density at radius 2 is 1.91 bits per heavy atom. The van der Waals surface area contributed by atoms with E-state index >= 15 is 0 Å². The number of nitro groups is 1. The Hall–Kier alpha value is -2.47. The minimum Gasteiger partial charge on any atom is -0.280 e. The largest absolute Gasteiger partial charge is 0.280 e. The monoisotopic (exact) mass is 358 g/mol. The minimum atomic E-state index is -0.443. The lowest BCUT2D eigenvalue weighted by atomic mass is 10.2. The van der Waals surface area contributed by atoms with E-state index in [4.69, 9.17) is 0 Å². The van der Waals surface area contributed by atoms with E-state index in [0.29, 0.717) is 20.9 Å². The quantitative estimate of drug-likeness (QED) is 0.506. The second kappa shape index (κ2) is 5.38. The topological polar surface area (TPSA) is 65.1 Å². The molecule has 5 nitrogen and oxygen atoms in total. The normalized spacial score (nSPS) is 10.8. The Balaban J connectivity index is 2.19. The van der Waals surface area contributed by atoms with Gasteiger partial charge in [0.25, 0.3) is 11.6 Å². The third kappa shape index (κ3) is 2.31. The predicted octanol–water partition coefficient (Wildman–Crippen LogP) is 4.31. The van der Waals surface area contributed by atoms with Crippen molar-refractivity contribution < 1.29 is 9.72 Å². The van der Waals surface area contributed by atoms with Crippen LogP contribution >= 0.6 is 15.9 Å². The maximum Gasteiger partial charge on any atom is 0.270 e. The van der Waals surface area contributed by atoms with Gasteiger partial charge in [-0.15, -0.1) is 0 Å². The molecular weight excluding hydrogens is 348 g/mol. The smallest absolute Gasteiger partial charge is 0.270 e. The first-order valence-electron chi connectivity index (χ1n) is 6.55. The van der Waals surface area contributed by atoms with Gasteiger partial charge >= 0.3 is 0 Å². The average Bonchev–Trinajstić information content (AvgIpc) is 2.81. The fourth-order valence-electron chi connectivity index (χ4n) is 2.48. The molecule has 0 radical (unpaired) electrons. The van der Waals surface area contributed by atoms with Crippen LogP contribution in [0.15, 0.2) is 53.0 Å². The molecule has 0 unspecified atom stereocenters. The molecule has 0 amide bonds. The number of rotatable bonds is 2. The molecule has 1 aromatic heterocycles. The summed E-state index contributed by atoms with van der Waals surface area (Å²) in [7, 11) is 0. The van der Waals surface area contributed by atoms with Crippen molar-refractivity contribution in [3.05, 3.63) is 74.4 Å². The number of nitrogens with zero attached hydrogens (tertiary/aromatic N) is 2. The van der Waals surface area contributed by atoms with E-state index in [0.717, 1.165) is 5.69 Å². The predicted molar refractivity (Wildman–Crippen MR) is 87.2 cm³/mol. The number of aromatic nitrogens is 1. The van der Waals surface area contributed by atoms with E-state index in [9.17, 15) is 14.9 Å². The highest BCUT2D eigenvalue weighted by Gasteiger charge is 2.18. The van der Waals surface area contributed by atoms with E-state index in [1.54, 1.807) is 41.8 Å². The number of carbonyl (C=O) groups excluding carboxylic acids is 1. The molecule has 0 aliphatic heterocycles. The minimum absolute atomic E-state index is 0.0120. The number of carbonyl (C=O) groups is 1. The first kappa shape index (κ1) is 14.5. The maximum atomic E-state index is 12.8. The van der Waals surface area contributed by atoms with Crippen LogP contribution in [0.2, 0.25) is 0 Å². The summed E-state index contributed by atoms with van der Waals surface area (Å²) in [5, 5.41) is 11.5. The highest BCUT2D eigenvalue weighted by Crippen LogP contribution is 2.26. The Morgan fingerprint density at radius 3 is 2.59 bits per heavy atom. The summed E-state index contributed by atoms with van der Waals surface area (Å²) in [5.74, 6) is -0.172. The van der Waals surface area contributed by atoms with Crippen LogP contribution in [0, 0.1) is 17.0 Å². The number of hydrogen-bond acceptors (Lipinski definition) is 3. The fourth-order valence-corrected chi connectivity index (χ4v) is 2.93. The van der Waals surface area contributed by atoms with Crippen LogP contribution in [-0.4, -0.2) is 15.4 Å². The summed E-state index contributed by atoms with van der Waals surface area (Å²) < 4.78 is 2.28. The first-order chi connectivity index (χ1) is 10.5. The number of non-ortho nitro benzene ring substituents is 1. The van der Waals surface area contributed by atoms with Gasteiger partial charge in [-0.2, -0.15) is 0 Å². The van der Waals surface area contributed by atoms with Crippen molar-refractivity contribution in [1.29, 1.82) is 0 Å². The zero-order chi connectivity index (χ0) is 15.9. The lowest BCUT2D eigenvalue weighted by molar-refractivity contribution is -0.384. The van der Waals surface area contributed by atoms with Crippen molar-refractivity contribution in [2.75, 3.05) is 0 Å². The number of hydrogen-bond donors (Lipinski definition) is 0. The Labute approximate surface area is 134 Å². The van der Waals surface area contributed by atoms with Crippen molar-refractivity contribution in [2.24, 2.45) is 0 Å². The summed E-state index contributed by atoms with van der Waals surface area (Å²) in [5.41, 5.74) is 1.94. The number of aryl methyl sites for hydroxylation is 1. The van der Waals surface area contributed by atoms with Gasteiger partial charge in [-0.05, 0) is 47.1 Å². The van der Waals surface area contributed by atoms with Gasteiger partial charge < -0.3 is 0 Å². The van der Waals surface area contributed by atoms with Crippen LogP contribution in [0.3, 0.4) is 0 Å². The van der Waals surface area contributed by atoms with Crippen molar-refractivity contribution in [1.82, 2.24) is 4.57 Å². The lowest BCUT2D eigenvalue weighted by Crippen LogP contribution is -2.13. The summed E-state index contributed by atoms with van der Waals surface area (Å²) in [6.07, 6.45) is 0. The Kier molecular flexibility index (Phi) is 3.54. The van der Waals surface area contributed by atoms with Gasteiger partial charge in [0.1, 0.15) is 0 Å². The molecule has 0 atom stereocenters. The highest BCUT2D eigenvalue weighted by atomic mass is 79.9. The van der Waals surface area contributed by atoms with Gasteiger partial charge in [0.05, 0.1) is 16.0 Å². The van der Waals surface area contributed by atoms with Crippen LogP contribution < -0.4 is 0 Å². The molecule has 3 rings (SSSR count). The third-order valence-electron chi connectivity index (χ3n) is 3.49. The van der Waals surface area contributed by atoms with Crippen LogP contribution in [0.1, 0.15) is 16.1 Å².